The van der Waals surface area contributed by atoms with Crippen molar-refractivity contribution in [3.63, 3.8) is 0 Å². The van der Waals surface area contributed by atoms with Crippen molar-refractivity contribution in [1.82, 2.24) is 9.55 Å². The molecule has 0 aliphatic heterocycles. The van der Waals surface area contributed by atoms with E-state index in [9.17, 15) is 18.4 Å². The fraction of sp³-hybridized carbons (Fsp3) is 0.214. The third-order valence-corrected chi connectivity index (χ3v) is 3.21. The SMILES string of the molecule is CCOc1cc(-n2c(C(F)F)cc(=O)[nH]c2=O)c(Cl)cc1C#N. The van der Waals surface area contributed by atoms with Crippen LogP contribution < -0.4 is 16.0 Å². The van der Waals surface area contributed by atoms with Crippen LogP contribution in [-0.4, -0.2) is 16.2 Å². The van der Waals surface area contributed by atoms with Crippen LogP contribution in [0.15, 0.2) is 27.8 Å². The summed E-state index contributed by atoms with van der Waals surface area (Å²) in [6.45, 7) is 1.89. The Bertz CT molecular complexity index is 900. The van der Waals surface area contributed by atoms with E-state index >= 15 is 0 Å². The molecule has 0 unspecified atom stereocenters. The summed E-state index contributed by atoms with van der Waals surface area (Å²) >= 11 is 6.00. The van der Waals surface area contributed by atoms with Gasteiger partial charge in [0.2, 0.25) is 0 Å². The number of nitrogens with zero attached hydrogens (tertiary/aromatic N) is 2. The number of hydrogen-bond acceptors (Lipinski definition) is 4. The number of nitriles is 1. The topological polar surface area (TPSA) is 87.9 Å². The lowest BCUT2D eigenvalue weighted by Gasteiger charge is -2.15. The van der Waals surface area contributed by atoms with Crippen molar-refractivity contribution in [1.29, 1.82) is 5.26 Å². The van der Waals surface area contributed by atoms with Crippen molar-refractivity contribution >= 4 is 11.6 Å². The predicted octanol–water partition coefficient (Wildman–Crippen LogP) is 2.39. The average Bonchev–Trinajstić information content (AvgIpc) is 2.48. The molecule has 120 valence electrons. The molecule has 0 saturated heterocycles. The maximum atomic E-state index is 13.2. The third-order valence-electron chi connectivity index (χ3n) is 2.90. The molecule has 1 heterocycles. The van der Waals surface area contributed by atoms with Gasteiger partial charge in [-0.25, -0.2) is 13.6 Å². The van der Waals surface area contributed by atoms with Gasteiger partial charge in [-0.1, -0.05) is 11.6 Å². The van der Waals surface area contributed by atoms with Crippen molar-refractivity contribution in [2.24, 2.45) is 0 Å². The number of nitrogens with one attached hydrogen (secondary N) is 1. The Labute approximate surface area is 133 Å². The van der Waals surface area contributed by atoms with Gasteiger partial charge in [0, 0.05) is 12.1 Å². The summed E-state index contributed by atoms with van der Waals surface area (Å²) in [5, 5.41) is 8.93. The Hall–Kier alpha value is -2.66. The number of benzene rings is 1. The average molecular weight is 342 g/mol. The number of hydrogen-bond donors (Lipinski definition) is 1. The quantitative estimate of drug-likeness (QED) is 0.924. The minimum absolute atomic E-state index is 0.0905. The van der Waals surface area contributed by atoms with E-state index in [1.165, 1.54) is 12.1 Å². The molecule has 0 saturated carbocycles. The van der Waals surface area contributed by atoms with Crippen LogP contribution in [0, 0.1) is 11.3 Å². The van der Waals surface area contributed by atoms with Gasteiger partial charge in [-0.3, -0.25) is 14.3 Å². The summed E-state index contributed by atoms with van der Waals surface area (Å²) in [6.07, 6.45) is -3.08. The Kier molecular flexibility index (Phi) is 4.81. The smallest absolute Gasteiger partial charge is 0.333 e. The van der Waals surface area contributed by atoms with Crippen LogP contribution >= 0.6 is 11.6 Å². The first kappa shape index (κ1) is 16.7. The van der Waals surface area contributed by atoms with Gasteiger partial charge in [0.05, 0.1) is 28.6 Å². The fourth-order valence-electron chi connectivity index (χ4n) is 2.00. The van der Waals surface area contributed by atoms with Crippen molar-refractivity contribution < 1.29 is 13.5 Å². The summed E-state index contributed by atoms with van der Waals surface area (Å²) in [6, 6.07) is 4.88. The molecule has 0 radical (unpaired) electrons. The summed E-state index contributed by atoms with van der Waals surface area (Å²) < 4.78 is 32.2. The van der Waals surface area contributed by atoms with E-state index in [0.717, 1.165) is 0 Å². The lowest BCUT2D eigenvalue weighted by molar-refractivity contribution is 0.142. The number of aromatic nitrogens is 2. The van der Waals surface area contributed by atoms with Crippen LogP contribution in [0.4, 0.5) is 8.78 Å². The monoisotopic (exact) mass is 341 g/mol. The molecule has 2 aromatic rings. The molecular formula is C14H10ClF2N3O3. The van der Waals surface area contributed by atoms with Gasteiger partial charge >= 0.3 is 5.69 Å². The van der Waals surface area contributed by atoms with Gasteiger partial charge in [0.1, 0.15) is 11.8 Å². The lowest BCUT2D eigenvalue weighted by Crippen LogP contribution is -2.31. The largest absolute Gasteiger partial charge is 0.492 e. The maximum Gasteiger partial charge on any atom is 0.333 e. The molecule has 0 atom stereocenters. The molecule has 9 heteroatoms. The minimum Gasteiger partial charge on any atom is -0.492 e. The molecule has 6 nitrogen and oxygen atoms in total. The van der Waals surface area contributed by atoms with E-state index in [0.29, 0.717) is 10.6 Å². The second-order valence-corrected chi connectivity index (χ2v) is 4.75. The van der Waals surface area contributed by atoms with Gasteiger partial charge in [-0.15, -0.1) is 0 Å². The maximum absolute atomic E-state index is 13.2. The molecule has 1 aromatic carbocycles. The predicted molar refractivity (Wildman–Crippen MR) is 78.5 cm³/mol. The second-order valence-electron chi connectivity index (χ2n) is 4.34. The first-order valence-corrected chi connectivity index (χ1v) is 6.78. The van der Waals surface area contributed by atoms with Crippen LogP contribution in [0.25, 0.3) is 5.69 Å². The van der Waals surface area contributed by atoms with E-state index in [1.807, 2.05) is 11.1 Å². The first-order valence-electron chi connectivity index (χ1n) is 6.40. The number of H-pyrrole nitrogens is 1. The number of alkyl halides is 2. The van der Waals surface area contributed by atoms with Crippen LogP contribution in [0.1, 0.15) is 24.6 Å². The molecule has 0 spiro atoms. The van der Waals surface area contributed by atoms with E-state index in [2.05, 4.69) is 0 Å². The summed E-state index contributed by atoms with van der Waals surface area (Å²) in [7, 11) is 0. The second kappa shape index (κ2) is 6.62. The number of rotatable bonds is 4. The van der Waals surface area contributed by atoms with Gasteiger partial charge < -0.3 is 4.74 Å². The van der Waals surface area contributed by atoms with Gasteiger partial charge in [-0.05, 0) is 13.0 Å². The first-order chi connectivity index (χ1) is 10.9. The highest BCUT2D eigenvalue weighted by Crippen LogP contribution is 2.31. The molecule has 0 bridgehead atoms. The van der Waals surface area contributed by atoms with Gasteiger partial charge in [-0.2, -0.15) is 5.26 Å². The van der Waals surface area contributed by atoms with E-state index in [1.54, 1.807) is 6.92 Å². The van der Waals surface area contributed by atoms with Crippen molar-refractivity contribution in [3.8, 4) is 17.5 Å². The van der Waals surface area contributed by atoms with Crippen LogP contribution in [0.5, 0.6) is 5.75 Å². The summed E-state index contributed by atoms with van der Waals surface area (Å²) in [5.41, 5.74) is -2.85. The fourth-order valence-corrected chi connectivity index (χ4v) is 2.25. The van der Waals surface area contributed by atoms with Crippen molar-refractivity contribution in [3.05, 3.63) is 55.3 Å². The minimum atomic E-state index is -3.08. The zero-order chi connectivity index (χ0) is 17.1. The van der Waals surface area contributed by atoms with Crippen LogP contribution in [0.3, 0.4) is 0 Å². The van der Waals surface area contributed by atoms with Crippen LogP contribution in [-0.2, 0) is 0 Å². The Morgan fingerprint density at radius 3 is 2.65 bits per heavy atom. The Morgan fingerprint density at radius 1 is 1.39 bits per heavy atom. The van der Waals surface area contributed by atoms with Crippen molar-refractivity contribution in [2.75, 3.05) is 6.61 Å². The zero-order valence-corrected chi connectivity index (χ0v) is 12.5. The van der Waals surface area contributed by atoms with Crippen molar-refractivity contribution in [2.45, 2.75) is 13.3 Å². The molecule has 0 aliphatic carbocycles. The molecule has 23 heavy (non-hydrogen) atoms. The lowest BCUT2D eigenvalue weighted by atomic mass is 10.2. The molecule has 0 fully saturated rings. The van der Waals surface area contributed by atoms with E-state index < -0.39 is 23.4 Å². The molecule has 2 rings (SSSR count). The van der Waals surface area contributed by atoms with Gasteiger partial charge in [0.25, 0.3) is 12.0 Å². The number of aromatic amines is 1. The van der Waals surface area contributed by atoms with E-state index in [4.69, 9.17) is 21.6 Å². The standard InChI is InChI=1S/C14H10ClF2N3O3/c1-2-23-11-4-9(8(15)3-7(11)6-18)20-10(13(16)17)5-12(21)19-14(20)22/h3-5,13H,2H2,1H3,(H,19,21,22). The molecule has 0 aliphatic rings. The normalized spacial score (nSPS) is 10.6. The molecule has 0 amide bonds. The summed E-state index contributed by atoms with van der Waals surface area (Å²) in [5.74, 6) is 0.0905. The van der Waals surface area contributed by atoms with Gasteiger partial charge in [0.15, 0.2) is 0 Å². The molecular weight excluding hydrogens is 332 g/mol. The third kappa shape index (κ3) is 3.24. The Balaban J connectivity index is 2.82. The highest BCUT2D eigenvalue weighted by molar-refractivity contribution is 6.32. The zero-order valence-electron chi connectivity index (χ0n) is 11.8. The van der Waals surface area contributed by atoms with Crippen LogP contribution in [0.2, 0.25) is 5.02 Å². The summed E-state index contributed by atoms with van der Waals surface area (Å²) in [4.78, 5) is 25.1. The number of ether oxygens (including phenoxy) is 1. The van der Waals surface area contributed by atoms with E-state index in [-0.39, 0.29) is 28.6 Å². The highest BCUT2D eigenvalue weighted by atomic mass is 35.5. The Morgan fingerprint density at radius 2 is 2.09 bits per heavy atom. The molecule has 1 aromatic heterocycles. The highest BCUT2D eigenvalue weighted by Gasteiger charge is 2.20. The number of halogens is 3. The molecule has 1 N–H and O–H groups in total.